The summed E-state index contributed by atoms with van der Waals surface area (Å²) in [5, 5.41) is 11.4. The second-order valence-corrected chi connectivity index (χ2v) is 9.71. The summed E-state index contributed by atoms with van der Waals surface area (Å²) in [5.41, 5.74) is 1.50. The number of anilines is 3. The van der Waals surface area contributed by atoms with Gasteiger partial charge in [-0.1, -0.05) is 85.4 Å². The van der Waals surface area contributed by atoms with Crippen LogP contribution in [0.15, 0.2) is 140 Å². The van der Waals surface area contributed by atoms with Crippen LogP contribution in [0.4, 0.5) is 17.1 Å². The van der Waals surface area contributed by atoms with Crippen LogP contribution in [0.2, 0.25) is 0 Å². The van der Waals surface area contributed by atoms with Gasteiger partial charge in [-0.25, -0.2) is 0 Å². The van der Waals surface area contributed by atoms with Gasteiger partial charge in [0.05, 0.1) is 7.11 Å². The van der Waals surface area contributed by atoms with Crippen molar-refractivity contribution in [3.63, 3.8) is 0 Å². The molecular weight excluding hydrogens is 510 g/mol. The van der Waals surface area contributed by atoms with Crippen molar-refractivity contribution in [1.82, 2.24) is 0 Å². The summed E-state index contributed by atoms with van der Waals surface area (Å²) in [6.07, 6.45) is -0.00955. The highest BCUT2D eigenvalue weighted by Gasteiger charge is 2.43. The maximum Gasteiger partial charge on any atom is 0.255 e. The lowest BCUT2D eigenvalue weighted by atomic mass is 9.79. The number of hydrogen-bond donors (Lipinski definition) is 3. The minimum absolute atomic E-state index is 0.00955. The summed E-state index contributed by atoms with van der Waals surface area (Å²) in [5.74, 6) is -0.0129. The van der Waals surface area contributed by atoms with Crippen molar-refractivity contribution in [2.75, 3.05) is 23.1 Å². The SMILES string of the molecule is C=C(CC(Nc1ccc(OC)cc1)(C(=O)Nc1ccccc1)c1cccc2ccccc12)C(=O)Nc1ccccc1. The van der Waals surface area contributed by atoms with Crippen molar-refractivity contribution in [1.29, 1.82) is 0 Å². The zero-order valence-corrected chi connectivity index (χ0v) is 22.8. The maximum atomic E-state index is 14.6. The molecule has 0 saturated heterocycles. The number of carbonyl (C=O) groups excluding carboxylic acids is 2. The number of hydrogen-bond acceptors (Lipinski definition) is 4. The lowest BCUT2D eigenvalue weighted by Gasteiger charge is -2.36. The Balaban J connectivity index is 1.64. The fraction of sp³-hybridized carbons (Fsp3) is 0.0857. The van der Waals surface area contributed by atoms with Crippen LogP contribution in [0.3, 0.4) is 0 Å². The molecule has 0 aliphatic carbocycles. The van der Waals surface area contributed by atoms with Crippen LogP contribution in [0, 0.1) is 0 Å². The van der Waals surface area contributed by atoms with E-state index in [4.69, 9.17) is 4.74 Å². The van der Waals surface area contributed by atoms with E-state index in [-0.39, 0.29) is 23.8 Å². The lowest BCUT2D eigenvalue weighted by Crippen LogP contribution is -2.48. The Labute approximate surface area is 239 Å². The van der Waals surface area contributed by atoms with E-state index in [2.05, 4.69) is 22.5 Å². The van der Waals surface area contributed by atoms with Crippen LogP contribution in [-0.4, -0.2) is 18.9 Å². The van der Waals surface area contributed by atoms with Gasteiger partial charge in [-0.15, -0.1) is 0 Å². The number of methoxy groups -OCH3 is 1. The Morgan fingerprint density at radius 1 is 0.683 bits per heavy atom. The van der Waals surface area contributed by atoms with Gasteiger partial charge < -0.3 is 20.7 Å². The fourth-order valence-corrected chi connectivity index (χ4v) is 4.89. The first-order chi connectivity index (χ1) is 20.0. The van der Waals surface area contributed by atoms with Crippen LogP contribution in [0.1, 0.15) is 12.0 Å². The van der Waals surface area contributed by atoms with Gasteiger partial charge >= 0.3 is 0 Å². The predicted octanol–water partition coefficient (Wildman–Crippen LogP) is 7.38. The number of fused-ring (bicyclic) bond motifs is 1. The third kappa shape index (κ3) is 6.12. The molecule has 5 aromatic carbocycles. The molecule has 0 aliphatic heterocycles. The minimum Gasteiger partial charge on any atom is -0.497 e. The highest BCUT2D eigenvalue weighted by Crippen LogP contribution is 2.38. The van der Waals surface area contributed by atoms with Gasteiger partial charge in [-0.3, -0.25) is 9.59 Å². The number of para-hydroxylation sites is 2. The lowest BCUT2D eigenvalue weighted by molar-refractivity contribution is -0.120. The molecule has 0 saturated carbocycles. The standard InChI is InChI=1S/C35H31N3O3/c1-25(33(39)36-27-14-5-3-6-15-27)24-35(34(40)37-28-16-7-4-8-17-28,38-29-20-22-30(41-2)23-21-29)32-19-11-13-26-12-9-10-18-31(26)32/h3-23,38H,1,24H2,2H3,(H,36,39)(H,37,40). The van der Waals surface area contributed by atoms with E-state index in [0.29, 0.717) is 28.4 Å². The van der Waals surface area contributed by atoms with E-state index in [9.17, 15) is 9.59 Å². The summed E-state index contributed by atoms with van der Waals surface area (Å²) < 4.78 is 5.35. The average molecular weight is 542 g/mol. The third-order valence-electron chi connectivity index (χ3n) is 6.95. The van der Waals surface area contributed by atoms with Crippen molar-refractivity contribution < 1.29 is 14.3 Å². The Morgan fingerprint density at radius 2 is 1.27 bits per heavy atom. The molecule has 0 spiro atoms. The quantitative estimate of drug-likeness (QED) is 0.161. The van der Waals surface area contributed by atoms with E-state index in [1.807, 2.05) is 115 Å². The van der Waals surface area contributed by atoms with Crippen LogP contribution < -0.4 is 20.7 Å². The van der Waals surface area contributed by atoms with Crippen LogP contribution in [-0.2, 0) is 15.1 Å². The Bertz CT molecular complexity index is 1660. The monoisotopic (exact) mass is 541 g/mol. The van der Waals surface area contributed by atoms with Gasteiger partial charge in [0.2, 0.25) is 0 Å². The summed E-state index contributed by atoms with van der Waals surface area (Å²) in [6.45, 7) is 4.15. The van der Waals surface area contributed by atoms with E-state index in [1.54, 1.807) is 19.2 Å². The molecule has 204 valence electrons. The van der Waals surface area contributed by atoms with Crippen LogP contribution >= 0.6 is 0 Å². The van der Waals surface area contributed by atoms with Crippen molar-refractivity contribution in [3.8, 4) is 5.75 Å². The van der Waals surface area contributed by atoms with Gasteiger partial charge in [0, 0.05) is 29.1 Å². The molecule has 5 aromatic rings. The first-order valence-corrected chi connectivity index (χ1v) is 13.3. The first-order valence-electron chi connectivity index (χ1n) is 13.3. The number of amides is 2. The molecule has 3 N–H and O–H groups in total. The number of ether oxygens (including phenoxy) is 1. The number of carbonyl (C=O) groups is 2. The largest absolute Gasteiger partial charge is 0.497 e. The molecule has 0 radical (unpaired) electrons. The van der Waals surface area contributed by atoms with Gasteiger partial charge in [0.1, 0.15) is 11.3 Å². The van der Waals surface area contributed by atoms with Crippen molar-refractivity contribution in [2.45, 2.75) is 12.0 Å². The molecule has 6 heteroatoms. The van der Waals surface area contributed by atoms with Gasteiger partial charge in [0.25, 0.3) is 11.8 Å². The smallest absolute Gasteiger partial charge is 0.255 e. The second-order valence-electron chi connectivity index (χ2n) is 9.71. The molecular formula is C35H31N3O3. The average Bonchev–Trinajstić information content (AvgIpc) is 3.01. The van der Waals surface area contributed by atoms with Gasteiger partial charge in [0.15, 0.2) is 0 Å². The van der Waals surface area contributed by atoms with Crippen molar-refractivity contribution in [3.05, 3.63) is 145 Å². The van der Waals surface area contributed by atoms with Crippen molar-refractivity contribution in [2.24, 2.45) is 0 Å². The van der Waals surface area contributed by atoms with Gasteiger partial charge in [-0.05, 0) is 64.9 Å². The molecule has 2 amide bonds. The fourth-order valence-electron chi connectivity index (χ4n) is 4.89. The molecule has 0 fully saturated rings. The van der Waals surface area contributed by atoms with E-state index in [1.165, 1.54) is 0 Å². The predicted molar refractivity (Wildman–Crippen MR) is 166 cm³/mol. The highest BCUT2D eigenvalue weighted by atomic mass is 16.5. The Kier molecular flexibility index (Phi) is 8.11. The molecule has 6 nitrogen and oxygen atoms in total. The van der Waals surface area contributed by atoms with E-state index < -0.39 is 5.54 Å². The number of nitrogens with one attached hydrogen (secondary N) is 3. The van der Waals surface area contributed by atoms with E-state index in [0.717, 1.165) is 10.8 Å². The summed E-state index contributed by atoms with van der Waals surface area (Å²) in [6, 6.07) is 39.5. The zero-order chi connectivity index (χ0) is 28.7. The normalized spacial score (nSPS) is 12.1. The Hall–Kier alpha value is -5.36. The molecule has 41 heavy (non-hydrogen) atoms. The molecule has 1 atom stereocenters. The molecule has 5 rings (SSSR count). The van der Waals surface area contributed by atoms with Gasteiger partial charge in [-0.2, -0.15) is 0 Å². The minimum atomic E-state index is -1.42. The molecule has 0 heterocycles. The second kappa shape index (κ2) is 12.2. The maximum absolute atomic E-state index is 14.6. The Morgan fingerprint density at radius 3 is 1.93 bits per heavy atom. The van der Waals surface area contributed by atoms with Crippen molar-refractivity contribution >= 4 is 39.6 Å². The summed E-state index contributed by atoms with van der Waals surface area (Å²) in [4.78, 5) is 28.0. The molecule has 1 unspecified atom stereocenters. The topological polar surface area (TPSA) is 79.5 Å². The number of rotatable bonds is 10. The van der Waals surface area contributed by atoms with Crippen LogP contribution in [0.5, 0.6) is 5.75 Å². The molecule has 0 aliphatic rings. The molecule has 0 aromatic heterocycles. The number of benzene rings is 5. The van der Waals surface area contributed by atoms with E-state index >= 15 is 0 Å². The first kappa shape index (κ1) is 27.2. The summed E-state index contributed by atoms with van der Waals surface area (Å²) in [7, 11) is 1.60. The molecule has 0 bridgehead atoms. The van der Waals surface area contributed by atoms with Crippen LogP contribution in [0.25, 0.3) is 10.8 Å². The third-order valence-corrected chi connectivity index (χ3v) is 6.95. The zero-order valence-electron chi connectivity index (χ0n) is 22.8. The highest BCUT2D eigenvalue weighted by molar-refractivity contribution is 6.08. The summed E-state index contributed by atoms with van der Waals surface area (Å²) >= 11 is 0.